The first-order valence-electron chi connectivity index (χ1n) is 13.4. The van der Waals surface area contributed by atoms with Gasteiger partial charge in [0.1, 0.15) is 11.2 Å². The first kappa shape index (κ1) is 30.0. The van der Waals surface area contributed by atoms with E-state index in [9.17, 15) is 9.59 Å². The molecule has 1 amide bonds. The number of aromatic nitrogens is 1. The first-order valence-corrected chi connectivity index (χ1v) is 16.3. The standard InChI is InChI=1S/C30H46N2O5Si/c1-28(2,3)36-26(33)31-18-21(17-23(31)20-35-38(10,11)30(7,8)9)16-22-19-32(27(34)37-29(4,5)6)25-15-13-12-14-24(22)25/h12-16,19,23H,17-18,20H2,1-11H3/b21-16+/t23-/m0/s1. The zero-order valence-corrected chi connectivity index (χ0v) is 26.1. The van der Waals surface area contributed by atoms with Gasteiger partial charge in [-0.3, -0.25) is 9.47 Å². The molecule has 1 aliphatic heterocycles. The minimum Gasteiger partial charge on any atom is -0.444 e. The van der Waals surface area contributed by atoms with E-state index < -0.39 is 25.6 Å². The maximum atomic E-state index is 13.2. The van der Waals surface area contributed by atoms with Gasteiger partial charge in [-0.05, 0) is 77.7 Å². The molecular weight excluding hydrogens is 496 g/mol. The van der Waals surface area contributed by atoms with Gasteiger partial charge in [-0.1, -0.05) is 45.0 Å². The van der Waals surface area contributed by atoms with Crippen molar-refractivity contribution in [2.75, 3.05) is 13.2 Å². The van der Waals surface area contributed by atoms with Crippen LogP contribution in [0.15, 0.2) is 36.0 Å². The van der Waals surface area contributed by atoms with Gasteiger partial charge in [0.15, 0.2) is 8.32 Å². The van der Waals surface area contributed by atoms with Crippen molar-refractivity contribution < 1.29 is 23.5 Å². The molecule has 1 aromatic carbocycles. The molecule has 1 aliphatic rings. The average molecular weight is 543 g/mol. The van der Waals surface area contributed by atoms with Crippen molar-refractivity contribution >= 4 is 37.5 Å². The van der Waals surface area contributed by atoms with Gasteiger partial charge < -0.3 is 13.9 Å². The van der Waals surface area contributed by atoms with Crippen LogP contribution in [0.2, 0.25) is 18.1 Å². The van der Waals surface area contributed by atoms with Crippen molar-refractivity contribution in [1.82, 2.24) is 9.47 Å². The van der Waals surface area contributed by atoms with Crippen LogP contribution < -0.4 is 0 Å². The van der Waals surface area contributed by atoms with Crippen LogP contribution in [0.1, 0.15) is 74.3 Å². The maximum absolute atomic E-state index is 13.2. The lowest BCUT2D eigenvalue weighted by Crippen LogP contribution is -2.46. The summed E-state index contributed by atoms with van der Waals surface area (Å²) < 4.78 is 19.5. The lowest BCUT2D eigenvalue weighted by molar-refractivity contribution is 0.0184. The Balaban J connectivity index is 1.94. The Bertz CT molecular complexity index is 1210. The van der Waals surface area contributed by atoms with E-state index in [1.54, 1.807) is 9.47 Å². The molecule has 1 aromatic heterocycles. The zero-order valence-electron chi connectivity index (χ0n) is 25.1. The molecule has 8 heteroatoms. The van der Waals surface area contributed by atoms with E-state index in [0.29, 0.717) is 19.6 Å². The van der Waals surface area contributed by atoms with E-state index in [4.69, 9.17) is 13.9 Å². The molecule has 0 aliphatic carbocycles. The van der Waals surface area contributed by atoms with Gasteiger partial charge in [-0.15, -0.1) is 0 Å². The highest BCUT2D eigenvalue weighted by molar-refractivity contribution is 6.74. The Kier molecular flexibility index (Phi) is 8.30. The third kappa shape index (κ3) is 7.29. The van der Waals surface area contributed by atoms with Gasteiger partial charge in [0.25, 0.3) is 0 Å². The van der Waals surface area contributed by atoms with Crippen LogP contribution >= 0.6 is 0 Å². The molecular formula is C30H46N2O5Si. The van der Waals surface area contributed by atoms with Crippen LogP contribution in [0.5, 0.6) is 0 Å². The van der Waals surface area contributed by atoms with E-state index in [2.05, 4.69) is 39.9 Å². The number of carbonyl (C=O) groups excluding carboxylic acids is 2. The Labute approximate surface area is 229 Å². The van der Waals surface area contributed by atoms with Crippen molar-refractivity contribution in [3.63, 3.8) is 0 Å². The number of para-hydroxylation sites is 1. The normalized spacial score (nSPS) is 18.3. The van der Waals surface area contributed by atoms with Crippen molar-refractivity contribution in [2.24, 2.45) is 0 Å². The van der Waals surface area contributed by atoms with Crippen LogP contribution in [0, 0.1) is 0 Å². The van der Waals surface area contributed by atoms with Gasteiger partial charge in [-0.2, -0.15) is 0 Å². The highest BCUT2D eigenvalue weighted by Gasteiger charge is 2.40. The first-order chi connectivity index (χ1) is 17.3. The van der Waals surface area contributed by atoms with Crippen molar-refractivity contribution in [3.8, 4) is 0 Å². The van der Waals surface area contributed by atoms with Crippen molar-refractivity contribution in [3.05, 3.63) is 41.6 Å². The molecule has 3 rings (SSSR count). The summed E-state index contributed by atoms with van der Waals surface area (Å²) in [5.74, 6) is 0. The molecule has 0 radical (unpaired) electrons. The largest absolute Gasteiger partial charge is 0.444 e. The fraction of sp³-hybridized carbons (Fsp3) is 0.600. The molecule has 0 N–H and O–H groups in total. The third-order valence-electron chi connectivity index (χ3n) is 7.08. The number of rotatable bonds is 4. The summed E-state index contributed by atoms with van der Waals surface area (Å²) in [6, 6.07) is 7.67. The van der Waals surface area contributed by atoms with E-state index >= 15 is 0 Å². The molecule has 210 valence electrons. The van der Waals surface area contributed by atoms with E-state index in [1.165, 1.54) is 0 Å². The minimum absolute atomic E-state index is 0.0739. The van der Waals surface area contributed by atoms with E-state index in [1.807, 2.05) is 72.0 Å². The summed E-state index contributed by atoms with van der Waals surface area (Å²) in [5, 5.41) is 1.03. The van der Waals surface area contributed by atoms with Crippen LogP contribution in [-0.2, 0) is 13.9 Å². The molecule has 0 unspecified atom stereocenters. The predicted octanol–water partition coefficient (Wildman–Crippen LogP) is 7.84. The molecule has 0 bridgehead atoms. The number of fused-ring (bicyclic) bond motifs is 1. The molecule has 1 fully saturated rings. The molecule has 7 nitrogen and oxygen atoms in total. The van der Waals surface area contributed by atoms with Gasteiger partial charge in [0, 0.05) is 23.7 Å². The summed E-state index contributed by atoms with van der Waals surface area (Å²) >= 11 is 0. The Hall–Kier alpha value is -2.58. The monoisotopic (exact) mass is 542 g/mol. The molecule has 38 heavy (non-hydrogen) atoms. The second kappa shape index (κ2) is 10.5. The molecule has 2 heterocycles. The third-order valence-corrected chi connectivity index (χ3v) is 11.6. The predicted molar refractivity (Wildman–Crippen MR) is 156 cm³/mol. The number of hydrogen-bond acceptors (Lipinski definition) is 5. The van der Waals surface area contributed by atoms with Gasteiger partial charge in [0.05, 0.1) is 18.2 Å². The summed E-state index contributed by atoms with van der Waals surface area (Å²) in [6.45, 7) is 23.2. The highest BCUT2D eigenvalue weighted by Crippen LogP contribution is 2.38. The minimum atomic E-state index is -2.00. The topological polar surface area (TPSA) is 70.0 Å². The fourth-order valence-electron chi connectivity index (χ4n) is 4.14. The maximum Gasteiger partial charge on any atom is 0.419 e. The van der Waals surface area contributed by atoms with Crippen LogP contribution in [0.4, 0.5) is 9.59 Å². The highest BCUT2D eigenvalue weighted by atomic mass is 28.4. The summed E-state index contributed by atoms with van der Waals surface area (Å²) in [7, 11) is -2.00. The lowest BCUT2D eigenvalue weighted by atomic mass is 10.1. The smallest absolute Gasteiger partial charge is 0.419 e. The SMILES string of the molecule is CC(C)(C)OC(=O)N1C/C(=C/c2cn(C(=O)OC(C)(C)C)c3ccccc23)C[C@H]1CO[Si](C)(C)C(C)(C)C. The van der Waals surface area contributed by atoms with Gasteiger partial charge >= 0.3 is 12.2 Å². The molecule has 0 saturated carbocycles. The number of nitrogens with zero attached hydrogens (tertiary/aromatic N) is 2. The van der Waals surface area contributed by atoms with Gasteiger partial charge in [-0.25, -0.2) is 9.59 Å². The van der Waals surface area contributed by atoms with Crippen LogP contribution in [-0.4, -0.2) is 60.4 Å². The number of carbonyl (C=O) groups is 2. The molecule has 1 atom stereocenters. The van der Waals surface area contributed by atoms with Crippen LogP contribution in [0.3, 0.4) is 0 Å². The Morgan fingerprint density at radius 2 is 1.53 bits per heavy atom. The average Bonchev–Trinajstić information content (AvgIpc) is 3.31. The molecule has 2 aromatic rings. The molecule has 0 spiro atoms. The summed E-state index contributed by atoms with van der Waals surface area (Å²) in [6.07, 6.45) is 3.84. The number of benzene rings is 1. The Morgan fingerprint density at radius 1 is 0.947 bits per heavy atom. The number of hydrogen-bond donors (Lipinski definition) is 0. The fourth-order valence-corrected chi connectivity index (χ4v) is 5.18. The Morgan fingerprint density at radius 3 is 2.11 bits per heavy atom. The van der Waals surface area contributed by atoms with E-state index in [-0.39, 0.29) is 17.2 Å². The van der Waals surface area contributed by atoms with Crippen molar-refractivity contribution in [2.45, 2.75) is 104 Å². The zero-order chi connectivity index (χ0) is 28.7. The van der Waals surface area contributed by atoms with Crippen molar-refractivity contribution in [1.29, 1.82) is 0 Å². The van der Waals surface area contributed by atoms with E-state index in [0.717, 1.165) is 22.0 Å². The number of amides is 1. The van der Waals surface area contributed by atoms with Gasteiger partial charge in [0.2, 0.25) is 0 Å². The molecule has 1 saturated heterocycles. The number of ether oxygens (including phenoxy) is 2. The second-order valence-electron chi connectivity index (χ2n) is 13.8. The van der Waals surface area contributed by atoms with Crippen LogP contribution in [0.25, 0.3) is 17.0 Å². The quantitative estimate of drug-likeness (QED) is 0.368. The lowest BCUT2D eigenvalue weighted by Gasteiger charge is -2.38. The summed E-state index contributed by atoms with van der Waals surface area (Å²) in [4.78, 5) is 27.9. The second-order valence-corrected chi connectivity index (χ2v) is 18.6. The summed E-state index contributed by atoms with van der Waals surface area (Å²) in [5.41, 5.74) is 1.60. The number of likely N-dealkylation sites (tertiary alicyclic amines) is 1.